The second-order valence-electron chi connectivity index (χ2n) is 2.35. The van der Waals surface area contributed by atoms with Crippen molar-refractivity contribution in [1.82, 2.24) is 0 Å². The molecule has 66 valence electrons. The van der Waals surface area contributed by atoms with Crippen LogP contribution >= 0.6 is 15.9 Å². The predicted molar refractivity (Wildman–Crippen MR) is 55.3 cm³/mol. The molecule has 0 amide bonds. The third-order valence-electron chi connectivity index (χ3n) is 1.53. The minimum Gasteiger partial charge on any atom is -0.496 e. The number of hydrogen-bond donors (Lipinski definition) is 0. The van der Waals surface area contributed by atoms with Crippen LogP contribution in [0.2, 0.25) is 0 Å². The number of halogens is 1. The third kappa shape index (κ3) is 2.60. The molecule has 0 aliphatic rings. The Labute approximate surface area is 85.6 Å². The molecule has 0 heterocycles. The third-order valence-corrected chi connectivity index (χ3v) is 2.03. The van der Waals surface area contributed by atoms with Gasteiger partial charge in [0.1, 0.15) is 5.75 Å². The average Bonchev–Trinajstić information content (AvgIpc) is 2.16. The highest BCUT2D eigenvalue weighted by Gasteiger charge is 1.98. The van der Waals surface area contributed by atoms with Crippen LogP contribution < -0.4 is 4.74 Å². The first-order valence-corrected chi connectivity index (χ1v) is 4.47. The Morgan fingerprint density at radius 3 is 2.92 bits per heavy atom. The van der Waals surface area contributed by atoms with Crippen molar-refractivity contribution in [2.24, 2.45) is 0 Å². The van der Waals surface area contributed by atoms with Gasteiger partial charge in [-0.15, -0.1) is 0 Å². The maximum Gasteiger partial charge on any atom is 0.127 e. The molecule has 0 saturated carbocycles. The van der Waals surface area contributed by atoms with Crippen LogP contribution in [-0.2, 0) is 0 Å². The van der Waals surface area contributed by atoms with Gasteiger partial charge in [0.15, 0.2) is 0 Å². The van der Waals surface area contributed by atoms with Gasteiger partial charge in [0.25, 0.3) is 0 Å². The van der Waals surface area contributed by atoms with Gasteiger partial charge >= 0.3 is 0 Å². The van der Waals surface area contributed by atoms with Crippen LogP contribution in [0.15, 0.2) is 28.7 Å². The van der Waals surface area contributed by atoms with Crippen molar-refractivity contribution in [2.75, 3.05) is 7.11 Å². The van der Waals surface area contributed by atoms with E-state index in [0.29, 0.717) is 0 Å². The second kappa shape index (κ2) is 4.68. The number of benzene rings is 1. The van der Waals surface area contributed by atoms with E-state index in [2.05, 4.69) is 15.9 Å². The van der Waals surface area contributed by atoms with Crippen LogP contribution in [0.25, 0.3) is 6.08 Å². The summed E-state index contributed by atoms with van der Waals surface area (Å²) in [6.07, 6.45) is 3.14. The van der Waals surface area contributed by atoms with Crippen molar-refractivity contribution in [2.45, 2.75) is 0 Å². The van der Waals surface area contributed by atoms with Crippen LogP contribution in [-0.4, -0.2) is 7.11 Å². The number of nitrogens with zero attached hydrogens (tertiary/aromatic N) is 1. The molecule has 0 saturated heterocycles. The predicted octanol–water partition coefficient (Wildman–Crippen LogP) is 2.99. The molecule has 1 aromatic rings. The monoisotopic (exact) mass is 237 g/mol. The SMILES string of the molecule is COc1cc(Br)ccc1C=CC#N. The summed E-state index contributed by atoms with van der Waals surface area (Å²) in [4.78, 5) is 0. The summed E-state index contributed by atoms with van der Waals surface area (Å²) in [5.41, 5.74) is 0.896. The van der Waals surface area contributed by atoms with Gasteiger partial charge in [0.05, 0.1) is 13.2 Å². The van der Waals surface area contributed by atoms with Crippen molar-refractivity contribution in [3.8, 4) is 11.8 Å². The Hall–Kier alpha value is -1.27. The molecule has 3 heteroatoms. The Kier molecular flexibility index (Phi) is 3.53. The van der Waals surface area contributed by atoms with Crippen molar-refractivity contribution < 1.29 is 4.74 Å². The summed E-state index contributed by atoms with van der Waals surface area (Å²) in [6, 6.07) is 7.58. The van der Waals surface area contributed by atoms with Crippen molar-refractivity contribution >= 4 is 22.0 Å². The van der Waals surface area contributed by atoms with E-state index in [0.717, 1.165) is 15.8 Å². The molecule has 0 atom stereocenters. The fraction of sp³-hybridized carbons (Fsp3) is 0.100. The van der Waals surface area contributed by atoms with Crippen molar-refractivity contribution in [3.63, 3.8) is 0 Å². The number of rotatable bonds is 2. The quantitative estimate of drug-likeness (QED) is 0.742. The van der Waals surface area contributed by atoms with E-state index < -0.39 is 0 Å². The molecule has 0 fully saturated rings. The Balaban J connectivity index is 3.07. The lowest BCUT2D eigenvalue weighted by atomic mass is 10.2. The van der Waals surface area contributed by atoms with Crippen LogP contribution in [0.1, 0.15) is 5.56 Å². The van der Waals surface area contributed by atoms with Crippen molar-refractivity contribution in [3.05, 3.63) is 34.3 Å². The number of allylic oxidation sites excluding steroid dienone is 1. The fourth-order valence-electron chi connectivity index (χ4n) is 0.950. The lowest BCUT2D eigenvalue weighted by Crippen LogP contribution is -1.86. The van der Waals surface area contributed by atoms with Gasteiger partial charge in [0, 0.05) is 16.1 Å². The molecule has 0 bridgehead atoms. The lowest BCUT2D eigenvalue weighted by Gasteiger charge is -2.03. The van der Waals surface area contributed by atoms with E-state index in [4.69, 9.17) is 10.00 Å². The first-order valence-electron chi connectivity index (χ1n) is 3.67. The molecular formula is C10H8BrNO. The molecule has 13 heavy (non-hydrogen) atoms. The average molecular weight is 238 g/mol. The Morgan fingerprint density at radius 2 is 2.31 bits per heavy atom. The van der Waals surface area contributed by atoms with E-state index in [9.17, 15) is 0 Å². The van der Waals surface area contributed by atoms with Gasteiger partial charge in [-0.1, -0.05) is 22.0 Å². The number of hydrogen-bond acceptors (Lipinski definition) is 2. The summed E-state index contributed by atoms with van der Waals surface area (Å²) in [5.74, 6) is 0.751. The van der Waals surface area contributed by atoms with Crippen LogP contribution in [0.5, 0.6) is 5.75 Å². The maximum absolute atomic E-state index is 8.36. The minimum atomic E-state index is 0.751. The van der Waals surface area contributed by atoms with Gasteiger partial charge in [-0.25, -0.2) is 0 Å². The van der Waals surface area contributed by atoms with Gasteiger partial charge in [-0.05, 0) is 18.2 Å². The number of methoxy groups -OCH3 is 1. The molecule has 0 unspecified atom stereocenters. The molecule has 0 N–H and O–H groups in total. The summed E-state index contributed by atoms with van der Waals surface area (Å²) in [6.45, 7) is 0. The normalized spacial score (nSPS) is 9.92. The zero-order valence-electron chi connectivity index (χ0n) is 7.12. The lowest BCUT2D eigenvalue weighted by molar-refractivity contribution is 0.413. The molecule has 0 radical (unpaired) electrons. The van der Waals surface area contributed by atoms with Gasteiger partial charge in [0.2, 0.25) is 0 Å². The molecular weight excluding hydrogens is 230 g/mol. The highest BCUT2D eigenvalue weighted by molar-refractivity contribution is 9.10. The number of nitriles is 1. The van der Waals surface area contributed by atoms with E-state index in [1.165, 1.54) is 6.08 Å². The van der Waals surface area contributed by atoms with E-state index >= 15 is 0 Å². The maximum atomic E-state index is 8.36. The van der Waals surface area contributed by atoms with Gasteiger partial charge < -0.3 is 4.74 Å². The van der Waals surface area contributed by atoms with Gasteiger partial charge in [-0.2, -0.15) is 5.26 Å². The fourth-order valence-corrected chi connectivity index (χ4v) is 1.29. The first kappa shape index (κ1) is 9.82. The highest BCUT2D eigenvalue weighted by Crippen LogP contribution is 2.24. The molecule has 0 aliphatic heterocycles. The molecule has 0 aromatic heterocycles. The smallest absolute Gasteiger partial charge is 0.127 e. The minimum absolute atomic E-state index is 0.751. The van der Waals surface area contributed by atoms with Crippen LogP contribution in [0.4, 0.5) is 0 Å². The molecule has 0 aliphatic carbocycles. The number of ether oxygens (including phenoxy) is 1. The van der Waals surface area contributed by atoms with Crippen molar-refractivity contribution in [1.29, 1.82) is 5.26 Å². The molecule has 1 aromatic carbocycles. The Bertz CT molecular complexity index is 366. The molecule has 0 spiro atoms. The Morgan fingerprint density at radius 1 is 1.54 bits per heavy atom. The van der Waals surface area contributed by atoms with E-state index in [-0.39, 0.29) is 0 Å². The highest BCUT2D eigenvalue weighted by atomic mass is 79.9. The largest absolute Gasteiger partial charge is 0.496 e. The zero-order valence-corrected chi connectivity index (χ0v) is 8.71. The second-order valence-corrected chi connectivity index (χ2v) is 3.26. The molecule has 1 rings (SSSR count). The standard InChI is InChI=1S/C10H8BrNO/c1-13-10-7-9(11)5-4-8(10)3-2-6-12/h2-5,7H,1H3. The van der Waals surface area contributed by atoms with Gasteiger partial charge in [-0.3, -0.25) is 0 Å². The summed E-state index contributed by atoms with van der Waals surface area (Å²) in [5, 5.41) is 8.36. The topological polar surface area (TPSA) is 33.0 Å². The first-order chi connectivity index (χ1) is 6.27. The van der Waals surface area contributed by atoms with E-state index in [1.807, 2.05) is 24.3 Å². The zero-order chi connectivity index (χ0) is 9.68. The van der Waals surface area contributed by atoms with Crippen LogP contribution in [0, 0.1) is 11.3 Å². The summed E-state index contributed by atoms with van der Waals surface area (Å²) in [7, 11) is 1.60. The summed E-state index contributed by atoms with van der Waals surface area (Å²) < 4.78 is 6.09. The van der Waals surface area contributed by atoms with E-state index in [1.54, 1.807) is 13.2 Å². The summed E-state index contributed by atoms with van der Waals surface area (Å²) >= 11 is 3.34. The van der Waals surface area contributed by atoms with Crippen LogP contribution in [0.3, 0.4) is 0 Å². The molecule has 2 nitrogen and oxygen atoms in total.